The standard InChI is InChI=1S/C24H33NO4/c1-15(2)16-6-8-18-17(14-16)7-9-19-23(18,3)12-5-13-24(19,4)22(28)29-25-20(26)10-11-21(25)27/h7,14-15,18-19H,5-6,8-13H2,1-4H3/t18?,19?,23-,24-/m1/s1. The zero-order valence-corrected chi connectivity index (χ0v) is 18.1. The highest BCUT2D eigenvalue weighted by Crippen LogP contribution is 2.62. The Bertz CT molecular complexity index is 794. The average Bonchev–Trinajstić information content (AvgIpc) is 2.99. The van der Waals surface area contributed by atoms with Crippen LogP contribution in [-0.4, -0.2) is 22.8 Å². The largest absolute Gasteiger partial charge is 0.339 e. The molecule has 0 aromatic rings. The second-order valence-electron chi connectivity index (χ2n) is 10.2. The number of hydrogen-bond acceptors (Lipinski definition) is 4. The molecule has 2 unspecified atom stereocenters. The summed E-state index contributed by atoms with van der Waals surface area (Å²) >= 11 is 0. The third-order valence-corrected chi connectivity index (χ3v) is 8.23. The van der Waals surface area contributed by atoms with E-state index in [1.165, 1.54) is 11.1 Å². The van der Waals surface area contributed by atoms with Crippen molar-refractivity contribution in [3.63, 3.8) is 0 Å². The molecule has 0 aromatic carbocycles. The first-order valence-electron chi connectivity index (χ1n) is 11.2. The highest BCUT2D eigenvalue weighted by Gasteiger charge is 2.58. The number of nitrogens with zero attached hydrogens (tertiary/aromatic N) is 1. The maximum absolute atomic E-state index is 13.3. The summed E-state index contributed by atoms with van der Waals surface area (Å²) in [5, 5.41) is 0.710. The van der Waals surface area contributed by atoms with Crippen molar-refractivity contribution in [1.29, 1.82) is 0 Å². The van der Waals surface area contributed by atoms with Gasteiger partial charge in [-0.2, -0.15) is 0 Å². The first kappa shape index (κ1) is 20.4. The molecular weight excluding hydrogens is 366 g/mol. The predicted octanol–water partition coefficient (Wildman–Crippen LogP) is 4.73. The molecule has 1 heterocycles. The molecule has 3 aliphatic carbocycles. The molecule has 1 saturated heterocycles. The lowest BCUT2D eigenvalue weighted by Gasteiger charge is -2.57. The molecule has 0 bridgehead atoms. The molecule has 4 rings (SSSR count). The van der Waals surface area contributed by atoms with Gasteiger partial charge in [-0.05, 0) is 67.8 Å². The fraction of sp³-hybridized carbons (Fsp3) is 0.708. The fourth-order valence-corrected chi connectivity index (χ4v) is 6.43. The minimum absolute atomic E-state index is 0.0359. The Morgan fingerprint density at radius 3 is 2.48 bits per heavy atom. The summed E-state index contributed by atoms with van der Waals surface area (Å²) in [7, 11) is 0. The molecule has 4 aliphatic rings. The summed E-state index contributed by atoms with van der Waals surface area (Å²) in [5.41, 5.74) is 2.33. The van der Waals surface area contributed by atoms with Gasteiger partial charge in [-0.25, -0.2) is 4.79 Å². The van der Waals surface area contributed by atoms with Crippen LogP contribution in [0.5, 0.6) is 0 Å². The number of carbonyl (C=O) groups excluding carboxylic acids is 3. The Labute approximate surface area is 173 Å². The van der Waals surface area contributed by atoms with Crippen LogP contribution in [0.2, 0.25) is 0 Å². The van der Waals surface area contributed by atoms with Crippen molar-refractivity contribution in [3.8, 4) is 0 Å². The number of amides is 2. The van der Waals surface area contributed by atoms with E-state index in [0.29, 0.717) is 16.9 Å². The second-order valence-corrected chi connectivity index (χ2v) is 10.2. The van der Waals surface area contributed by atoms with Gasteiger partial charge in [-0.1, -0.05) is 44.9 Å². The predicted molar refractivity (Wildman–Crippen MR) is 109 cm³/mol. The number of hydroxylamine groups is 2. The van der Waals surface area contributed by atoms with E-state index in [2.05, 4.69) is 32.9 Å². The number of rotatable bonds is 3. The molecule has 1 saturated carbocycles. The van der Waals surface area contributed by atoms with Gasteiger partial charge < -0.3 is 4.84 Å². The maximum Gasteiger partial charge on any atom is 0.339 e. The summed E-state index contributed by atoms with van der Waals surface area (Å²) < 4.78 is 0. The summed E-state index contributed by atoms with van der Waals surface area (Å²) in [6, 6.07) is 0. The molecule has 158 valence electrons. The molecule has 5 nitrogen and oxygen atoms in total. The van der Waals surface area contributed by atoms with Crippen LogP contribution in [-0.2, 0) is 19.2 Å². The Balaban J connectivity index is 1.62. The number of hydrogen-bond donors (Lipinski definition) is 0. The quantitative estimate of drug-likeness (QED) is 0.644. The van der Waals surface area contributed by atoms with Crippen LogP contribution in [0, 0.1) is 28.6 Å². The molecule has 29 heavy (non-hydrogen) atoms. The first-order chi connectivity index (χ1) is 13.7. The molecule has 0 N–H and O–H groups in total. The van der Waals surface area contributed by atoms with Gasteiger partial charge in [0.05, 0.1) is 5.41 Å². The minimum atomic E-state index is -0.680. The first-order valence-corrected chi connectivity index (χ1v) is 11.2. The molecule has 0 aromatic heterocycles. The molecule has 0 spiro atoms. The van der Waals surface area contributed by atoms with Crippen molar-refractivity contribution in [3.05, 3.63) is 23.3 Å². The van der Waals surface area contributed by atoms with Gasteiger partial charge in [0.1, 0.15) is 0 Å². The lowest BCUT2D eigenvalue weighted by atomic mass is 9.47. The summed E-state index contributed by atoms with van der Waals surface area (Å²) in [6.45, 7) is 8.85. The molecule has 2 amide bonds. The van der Waals surface area contributed by atoms with Gasteiger partial charge in [0, 0.05) is 12.8 Å². The van der Waals surface area contributed by atoms with E-state index in [1.807, 2.05) is 6.92 Å². The van der Waals surface area contributed by atoms with Crippen LogP contribution in [0.3, 0.4) is 0 Å². The zero-order chi connectivity index (χ0) is 21.0. The van der Waals surface area contributed by atoms with Gasteiger partial charge >= 0.3 is 5.97 Å². The highest BCUT2D eigenvalue weighted by molar-refractivity contribution is 6.01. The topological polar surface area (TPSA) is 63.7 Å². The lowest BCUT2D eigenvalue weighted by Crippen LogP contribution is -2.54. The van der Waals surface area contributed by atoms with E-state index in [0.717, 1.165) is 38.5 Å². The summed E-state index contributed by atoms with van der Waals surface area (Å²) in [6.07, 6.45) is 10.9. The fourth-order valence-electron chi connectivity index (χ4n) is 6.43. The Morgan fingerprint density at radius 2 is 1.83 bits per heavy atom. The van der Waals surface area contributed by atoms with Crippen LogP contribution < -0.4 is 0 Å². The van der Waals surface area contributed by atoms with E-state index in [1.54, 1.807) is 0 Å². The van der Waals surface area contributed by atoms with Gasteiger partial charge in [-0.3, -0.25) is 9.59 Å². The third kappa shape index (κ3) is 3.17. The van der Waals surface area contributed by atoms with Crippen molar-refractivity contribution in [2.45, 2.75) is 79.1 Å². The van der Waals surface area contributed by atoms with Crippen LogP contribution in [0.25, 0.3) is 0 Å². The van der Waals surface area contributed by atoms with E-state index < -0.39 is 23.2 Å². The smallest absolute Gasteiger partial charge is 0.330 e. The monoisotopic (exact) mass is 399 g/mol. The summed E-state index contributed by atoms with van der Waals surface area (Å²) in [4.78, 5) is 42.6. The summed E-state index contributed by atoms with van der Waals surface area (Å²) in [5.74, 6) is -0.0318. The second kappa shape index (κ2) is 7.10. The van der Waals surface area contributed by atoms with E-state index >= 15 is 0 Å². The average molecular weight is 400 g/mol. The van der Waals surface area contributed by atoms with Crippen molar-refractivity contribution >= 4 is 17.8 Å². The van der Waals surface area contributed by atoms with Crippen molar-refractivity contribution in [2.24, 2.45) is 28.6 Å². The zero-order valence-electron chi connectivity index (χ0n) is 18.1. The van der Waals surface area contributed by atoms with Gasteiger partial charge in [-0.15, -0.1) is 5.06 Å². The number of carbonyl (C=O) groups is 3. The lowest BCUT2D eigenvalue weighted by molar-refractivity contribution is -0.212. The van der Waals surface area contributed by atoms with Crippen LogP contribution >= 0.6 is 0 Å². The van der Waals surface area contributed by atoms with Crippen LogP contribution in [0.15, 0.2) is 23.3 Å². The number of fused-ring (bicyclic) bond motifs is 3. The minimum Gasteiger partial charge on any atom is -0.330 e. The van der Waals surface area contributed by atoms with Crippen LogP contribution in [0.1, 0.15) is 79.1 Å². The Hall–Kier alpha value is -1.91. The van der Waals surface area contributed by atoms with E-state index in [9.17, 15) is 14.4 Å². The SMILES string of the molecule is CC(C)C1=CC2=CCC3[C@](C)(CCC[C@@]3(C)C(=O)ON3C(=O)CCC3=O)C2CC1. The molecule has 0 radical (unpaired) electrons. The molecule has 5 heteroatoms. The normalized spacial score (nSPS) is 37.1. The van der Waals surface area contributed by atoms with Crippen molar-refractivity contribution in [1.82, 2.24) is 5.06 Å². The maximum atomic E-state index is 13.3. The van der Waals surface area contributed by atoms with Gasteiger partial charge in [0.2, 0.25) is 0 Å². The van der Waals surface area contributed by atoms with E-state index in [4.69, 9.17) is 4.84 Å². The van der Waals surface area contributed by atoms with Crippen molar-refractivity contribution < 1.29 is 19.2 Å². The van der Waals surface area contributed by atoms with Gasteiger partial charge in [0.25, 0.3) is 11.8 Å². The molecule has 4 atom stereocenters. The highest BCUT2D eigenvalue weighted by atomic mass is 16.7. The number of allylic oxidation sites excluding steroid dienone is 4. The third-order valence-electron chi connectivity index (χ3n) is 8.23. The Morgan fingerprint density at radius 1 is 1.14 bits per heavy atom. The van der Waals surface area contributed by atoms with Crippen molar-refractivity contribution in [2.75, 3.05) is 0 Å². The van der Waals surface area contributed by atoms with E-state index in [-0.39, 0.29) is 24.2 Å². The molecule has 1 aliphatic heterocycles. The Kier molecular flexibility index (Phi) is 4.99. The number of imide groups is 1. The van der Waals surface area contributed by atoms with Gasteiger partial charge in [0.15, 0.2) is 0 Å². The van der Waals surface area contributed by atoms with Crippen LogP contribution in [0.4, 0.5) is 0 Å². The molecular formula is C24H33NO4. The molecule has 2 fully saturated rings.